The number of rotatable bonds is 8. The van der Waals surface area contributed by atoms with Gasteiger partial charge in [0, 0.05) is 19.6 Å². The lowest BCUT2D eigenvalue weighted by Gasteiger charge is -2.38. The summed E-state index contributed by atoms with van der Waals surface area (Å²) in [4.78, 5) is 2.26. The molecule has 1 fully saturated rings. The third-order valence-corrected chi connectivity index (χ3v) is 3.86. The van der Waals surface area contributed by atoms with E-state index in [1.165, 1.54) is 19.3 Å². The molecule has 2 N–H and O–H groups in total. The summed E-state index contributed by atoms with van der Waals surface area (Å²) in [6, 6.07) is 0. The second-order valence-electron chi connectivity index (χ2n) is 5.43. The Morgan fingerprint density at radius 3 is 2.38 bits per heavy atom. The van der Waals surface area contributed by atoms with Gasteiger partial charge in [-0.1, -0.05) is 27.2 Å². The van der Waals surface area contributed by atoms with Crippen molar-refractivity contribution in [2.45, 2.75) is 46.1 Å². The lowest BCUT2D eigenvalue weighted by Crippen LogP contribution is -2.43. The lowest BCUT2D eigenvalue weighted by atomic mass is 9.70. The minimum atomic E-state index is -0.233. The summed E-state index contributed by atoms with van der Waals surface area (Å²) in [6.07, 6.45) is 3.82. The predicted octanol–water partition coefficient (Wildman–Crippen LogP) is 1.47. The molecule has 1 unspecified atom stereocenters. The molecule has 16 heavy (non-hydrogen) atoms. The van der Waals surface area contributed by atoms with Gasteiger partial charge in [-0.2, -0.15) is 0 Å². The molecule has 0 aromatic rings. The van der Waals surface area contributed by atoms with Crippen LogP contribution in [0, 0.1) is 5.41 Å². The first-order valence-electron chi connectivity index (χ1n) is 6.71. The van der Waals surface area contributed by atoms with Gasteiger partial charge in [-0.05, 0) is 31.3 Å². The van der Waals surface area contributed by atoms with Gasteiger partial charge in [0.2, 0.25) is 0 Å². The summed E-state index contributed by atoms with van der Waals surface area (Å²) < 4.78 is 0. The molecule has 96 valence electrons. The van der Waals surface area contributed by atoms with Crippen molar-refractivity contribution in [2.75, 3.05) is 32.7 Å². The molecule has 1 aliphatic rings. The number of likely N-dealkylation sites (N-methyl/N-ethyl adjacent to an activating group) is 1. The van der Waals surface area contributed by atoms with Crippen LogP contribution in [0.5, 0.6) is 0 Å². The van der Waals surface area contributed by atoms with Gasteiger partial charge in [-0.25, -0.2) is 0 Å². The minimum Gasteiger partial charge on any atom is -0.390 e. The standard InChI is InChI=1S/C13H28N2O/c1-4-15(5-2)10-12(16)9-14-11-13(3)7-6-8-13/h12,14,16H,4-11H2,1-3H3. The van der Waals surface area contributed by atoms with Gasteiger partial charge in [-0.3, -0.25) is 0 Å². The number of aliphatic hydroxyl groups is 1. The quantitative estimate of drug-likeness (QED) is 0.660. The van der Waals surface area contributed by atoms with Crippen molar-refractivity contribution in [3.05, 3.63) is 0 Å². The normalized spacial score (nSPS) is 20.8. The van der Waals surface area contributed by atoms with E-state index >= 15 is 0 Å². The van der Waals surface area contributed by atoms with Crippen LogP contribution in [0.1, 0.15) is 40.0 Å². The van der Waals surface area contributed by atoms with Crippen molar-refractivity contribution < 1.29 is 5.11 Å². The van der Waals surface area contributed by atoms with Crippen LogP contribution in [0.25, 0.3) is 0 Å². The highest BCUT2D eigenvalue weighted by atomic mass is 16.3. The van der Waals surface area contributed by atoms with Crippen LogP contribution in [-0.2, 0) is 0 Å². The molecule has 0 aromatic heterocycles. The highest BCUT2D eigenvalue weighted by Gasteiger charge is 2.31. The van der Waals surface area contributed by atoms with E-state index in [0.29, 0.717) is 5.41 Å². The molecule has 0 spiro atoms. The second-order valence-corrected chi connectivity index (χ2v) is 5.43. The third-order valence-electron chi connectivity index (χ3n) is 3.86. The van der Waals surface area contributed by atoms with E-state index < -0.39 is 0 Å². The zero-order valence-corrected chi connectivity index (χ0v) is 11.1. The molecule has 0 amide bonds. The van der Waals surface area contributed by atoms with Crippen LogP contribution >= 0.6 is 0 Å². The van der Waals surface area contributed by atoms with Crippen LogP contribution in [0.2, 0.25) is 0 Å². The van der Waals surface area contributed by atoms with E-state index in [0.717, 1.165) is 32.7 Å². The van der Waals surface area contributed by atoms with Crippen molar-refractivity contribution in [2.24, 2.45) is 5.41 Å². The Hall–Kier alpha value is -0.120. The van der Waals surface area contributed by atoms with Crippen molar-refractivity contribution >= 4 is 0 Å². The number of hydrogen-bond acceptors (Lipinski definition) is 3. The highest BCUT2D eigenvalue weighted by Crippen LogP contribution is 2.39. The fourth-order valence-electron chi connectivity index (χ4n) is 2.34. The van der Waals surface area contributed by atoms with Crippen molar-refractivity contribution in [3.63, 3.8) is 0 Å². The minimum absolute atomic E-state index is 0.233. The van der Waals surface area contributed by atoms with Gasteiger partial charge in [0.05, 0.1) is 6.10 Å². The largest absolute Gasteiger partial charge is 0.390 e. The van der Waals surface area contributed by atoms with Crippen LogP contribution in [0.4, 0.5) is 0 Å². The number of nitrogens with one attached hydrogen (secondary N) is 1. The van der Waals surface area contributed by atoms with E-state index in [1.54, 1.807) is 0 Å². The Labute approximate surface area is 100 Å². The summed E-state index contributed by atoms with van der Waals surface area (Å²) in [5.41, 5.74) is 0.509. The second kappa shape index (κ2) is 6.58. The topological polar surface area (TPSA) is 35.5 Å². The fraction of sp³-hybridized carbons (Fsp3) is 1.00. The first-order chi connectivity index (χ1) is 7.59. The number of aliphatic hydroxyl groups excluding tert-OH is 1. The molecule has 1 aliphatic carbocycles. The summed E-state index contributed by atoms with van der Waals surface area (Å²) in [5, 5.41) is 13.3. The van der Waals surface area contributed by atoms with Gasteiger partial charge >= 0.3 is 0 Å². The molecule has 0 aromatic carbocycles. The summed E-state index contributed by atoms with van der Waals surface area (Å²) in [5.74, 6) is 0. The average Bonchev–Trinajstić information content (AvgIpc) is 2.23. The summed E-state index contributed by atoms with van der Waals surface area (Å²) in [6.45, 7) is 11.2. The van der Waals surface area contributed by atoms with Crippen LogP contribution in [-0.4, -0.2) is 48.8 Å². The Morgan fingerprint density at radius 2 is 1.94 bits per heavy atom. The van der Waals surface area contributed by atoms with E-state index in [1.807, 2.05) is 0 Å². The molecule has 1 rings (SSSR count). The van der Waals surface area contributed by atoms with Crippen molar-refractivity contribution in [3.8, 4) is 0 Å². The number of hydrogen-bond donors (Lipinski definition) is 2. The van der Waals surface area contributed by atoms with Crippen LogP contribution in [0.15, 0.2) is 0 Å². The molecule has 3 heteroatoms. The molecule has 1 saturated carbocycles. The molecule has 3 nitrogen and oxygen atoms in total. The predicted molar refractivity (Wildman–Crippen MR) is 68.6 cm³/mol. The Morgan fingerprint density at radius 1 is 1.31 bits per heavy atom. The first-order valence-corrected chi connectivity index (χ1v) is 6.71. The maximum Gasteiger partial charge on any atom is 0.0791 e. The number of nitrogens with zero attached hydrogens (tertiary/aromatic N) is 1. The van der Waals surface area contributed by atoms with Crippen LogP contribution < -0.4 is 5.32 Å². The lowest BCUT2D eigenvalue weighted by molar-refractivity contribution is 0.103. The third kappa shape index (κ3) is 4.40. The van der Waals surface area contributed by atoms with Gasteiger partial charge < -0.3 is 15.3 Å². The molecule has 0 aliphatic heterocycles. The monoisotopic (exact) mass is 228 g/mol. The summed E-state index contributed by atoms with van der Waals surface area (Å²) >= 11 is 0. The zero-order valence-electron chi connectivity index (χ0n) is 11.1. The molecule has 0 heterocycles. The Bertz CT molecular complexity index is 188. The van der Waals surface area contributed by atoms with E-state index in [9.17, 15) is 5.11 Å². The van der Waals surface area contributed by atoms with Crippen molar-refractivity contribution in [1.29, 1.82) is 0 Å². The zero-order chi connectivity index (χ0) is 12.0. The maximum atomic E-state index is 9.87. The van der Waals surface area contributed by atoms with Gasteiger partial charge in [-0.15, -0.1) is 0 Å². The highest BCUT2D eigenvalue weighted by molar-refractivity contribution is 4.85. The molecular weight excluding hydrogens is 200 g/mol. The molecule has 0 bridgehead atoms. The maximum absolute atomic E-state index is 9.87. The molecular formula is C13H28N2O. The van der Waals surface area contributed by atoms with E-state index in [2.05, 4.69) is 31.0 Å². The van der Waals surface area contributed by atoms with E-state index in [-0.39, 0.29) is 6.10 Å². The first kappa shape index (κ1) is 13.9. The van der Waals surface area contributed by atoms with Gasteiger partial charge in [0.25, 0.3) is 0 Å². The molecule has 1 atom stereocenters. The fourth-order valence-corrected chi connectivity index (χ4v) is 2.34. The summed E-state index contributed by atoms with van der Waals surface area (Å²) in [7, 11) is 0. The SMILES string of the molecule is CCN(CC)CC(O)CNCC1(C)CCC1. The van der Waals surface area contributed by atoms with Gasteiger partial charge in [0.1, 0.15) is 0 Å². The van der Waals surface area contributed by atoms with E-state index in [4.69, 9.17) is 0 Å². The van der Waals surface area contributed by atoms with Crippen LogP contribution in [0.3, 0.4) is 0 Å². The average molecular weight is 228 g/mol. The van der Waals surface area contributed by atoms with Gasteiger partial charge in [0.15, 0.2) is 0 Å². The Balaban J connectivity index is 2.07. The molecule has 0 radical (unpaired) electrons. The molecule has 0 saturated heterocycles. The Kier molecular flexibility index (Phi) is 5.73. The van der Waals surface area contributed by atoms with Crippen molar-refractivity contribution in [1.82, 2.24) is 10.2 Å². The smallest absolute Gasteiger partial charge is 0.0791 e.